The Balaban J connectivity index is 0.00000162. The van der Waals surface area contributed by atoms with Crippen molar-refractivity contribution in [3.8, 4) is 17.2 Å². The number of nitriles is 1. The molecule has 94 valence electrons. The number of hydrogen-bond acceptors (Lipinski definition) is 3. The van der Waals surface area contributed by atoms with Gasteiger partial charge in [0.2, 0.25) is 0 Å². The van der Waals surface area contributed by atoms with Crippen LogP contribution in [-0.4, -0.2) is 9.78 Å². The Morgan fingerprint density at radius 2 is 2.17 bits per heavy atom. The molecule has 0 bridgehead atoms. The van der Waals surface area contributed by atoms with Gasteiger partial charge in [-0.15, -0.1) is 12.4 Å². The predicted molar refractivity (Wildman–Crippen MR) is 73.2 cm³/mol. The summed E-state index contributed by atoms with van der Waals surface area (Å²) < 4.78 is 1.63. The van der Waals surface area contributed by atoms with Crippen molar-refractivity contribution in [2.24, 2.45) is 5.73 Å². The fourth-order valence-corrected chi connectivity index (χ4v) is 1.78. The summed E-state index contributed by atoms with van der Waals surface area (Å²) >= 11 is 0. The van der Waals surface area contributed by atoms with Gasteiger partial charge in [-0.1, -0.05) is 18.2 Å². The molecule has 0 unspecified atom stereocenters. The van der Waals surface area contributed by atoms with E-state index in [0.29, 0.717) is 6.54 Å². The smallest absolute Gasteiger partial charge is 0.128 e. The largest absolute Gasteiger partial charge is 0.326 e. The molecule has 0 saturated carbocycles. The molecule has 0 radical (unpaired) electrons. The first-order valence-electron chi connectivity index (χ1n) is 5.44. The lowest BCUT2D eigenvalue weighted by Gasteiger charge is -2.04. The molecule has 2 aromatic rings. The van der Waals surface area contributed by atoms with Crippen molar-refractivity contribution in [2.45, 2.75) is 20.0 Å². The Morgan fingerprint density at radius 1 is 1.39 bits per heavy atom. The number of aryl methyl sites for hydroxylation is 1. The van der Waals surface area contributed by atoms with Gasteiger partial charge in [-0.25, -0.2) is 0 Å². The highest BCUT2D eigenvalue weighted by atomic mass is 35.5. The van der Waals surface area contributed by atoms with Crippen LogP contribution in [0, 0.1) is 18.3 Å². The molecule has 0 aliphatic rings. The second-order valence-electron chi connectivity index (χ2n) is 3.93. The number of benzene rings is 1. The van der Waals surface area contributed by atoms with Crippen LogP contribution in [0.2, 0.25) is 0 Å². The second-order valence-corrected chi connectivity index (χ2v) is 3.93. The summed E-state index contributed by atoms with van der Waals surface area (Å²) in [5.74, 6) is 0. The Bertz CT molecular complexity index is 569. The van der Waals surface area contributed by atoms with Crippen LogP contribution in [0.3, 0.4) is 0 Å². The molecule has 1 aromatic heterocycles. The third-order valence-electron chi connectivity index (χ3n) is 2.76. The maximum atomic E-state index is 8.59. The van der Waals surface area contributed by atoms with Crippen molar-refractivity contribution >= 4 is 12.4 Å². The third kappa shape index (κ3) is 2.89. The normalized spacial score (nSPS) is 9.61. The van der Waals surface area contributed by atoms with Gasteiger partial charge < -0.3 is 5.73 Å². The molecule has 0 aliphatic heterocycles. The first kappa shape index (κ1) is 14.2. The predicted octanol–water partition coefficient (Wildman–Crippen LogP) is 2.26. The van der Waals surface area contributed by atoms with Crippen LogP contribution in [0.4, 0.5) is 0 Å². The molecule has 1 heterocycles. The highest BCUT2D eigenvalue weighted by Crippen LogP contribution is 2.21. The number of aromatic nitrogens is 2. The Labute approximate surface area is 112 Å². The number of halogens is 1. The molecular weight excluding hydrogens is 248 g/mol. The second kappa shape index (κ2) is 6.20. The molecule has 0 fully saturated rings. The van der Waals surface area contributed by atoms with E-state index in [2.05, 4.69) is 17.2 Å². The van der Waals surface area contributed by atoms with E-state index in [1.165, 1.54) is 5.56 Å². The summed E-state index contributed by atoms with van der Waals surface area (Å²) in [6.07, 6.45) is 3.65. The van der Waals surface area contributed by atoms with Gasteiger partial charge >= 0.3 is 0 Å². The van der Waals surface area contributed by atoms with Crippen molar-refractivity contribution in [3.05, 3.63) is 41.7 Å². The lowest BCUT2D eigenvalue weighted by atomic mass is 10.0. The molecule has 0 atom stereocenters. The van der Waals surface area contributed by atoms with E-state index >= 15 is 0 Å². The molecule has 0 amide bonds. The molecule has 5 heteroatoms. The number of nitrogens with zero attached hydrogens (tertiary/aromatic N) is 3. The third-order valence-corrected chi connectivity index (χ3v) is 2.76. The van der Waals surface area contributed by atoms with Gasteiger partial charge in [0.1, 0.15) is 6.54 Å². The highest BCUT2D eigenvalue weighted by Gasteiger charge is 2.03. The van der Waals surface area contributed by atoms with E-state index in [0.717, 1.165) is 16.7 Å². The van der Waals surface area contributed by atoms with Crippen LogP contribution in [0.25, 0.3) is 11.1 Å². The van der Waals surface area contributed by atoms with Gasteiger partial charge in [0.05, 0.1) is 12.3 Å². The minimum Gasteiger partial charge on any atom is -0.326 e. The van der Waals surface area contributed by atoms with Crippen LogP contribution >= 0.6 is 12.4 Å². The van der Waals surface area contributed by atoms with Crippen LogP contribution in [0.15, 0.2) is 30.6 Å². The van der Waals surface area contributed by atoms with E-state index in [4.69, 9.17) is 11.0 Å². The maximum Gasteiger partial charge on any atom is 0.128 e. The Kier molecular flexibility index (Phi) is 4.90. The SMILES string of the molecule is Cc1cc(-c2cnn(CC#N)c2)ccc1CN.Cl. The van der Waals surface area contributed by atoms with Crippen LogP contribution in [-0.2, 0) is 13.1 Å². The molecule has 0 saturated heterocycles. The van der Waals surface area contributed by atoms with Gasteiger partial charge in [0.25, 0.3) is 0 Å². The summed E-state index contributed by atoms with van der Waals surface area (Å²) in [7, 11) is 0. The molecule has 18 heavy (non-hydrogen) atoms. The molecule has 4 nitrogen and oxygen atoms in total. The van der Waals surface area contributed by atoms with E-state index in [1.807, 2.05) is 25.3 Å². The van der Waals surface area contributed by atoms with Crippen LogP contribution in [0.1, 0.15) is 11.1 Å². The number of hydrogen-bond donors (Lipinski definition) is 1. The fraction of sp³-hybridized carbons (Fsp3) is 0.231. The molecule has 1 aromatic carbocycles. The molecular formula is C13H15ClN4. The molecule has 2 rings (SSSR count). The number of nitrogens with two attached hydrogens (primary N) is 1. The van der Waals surface area contributed by atoms with Crippen molar-refractivity contribution < 1.29 is 0 Å². The quantitative estimate of drug-likeness (QED) is 0.923. The highest BCUT2D eigenvalue weighted by molar-refractivity contribution is 5.85. The Morgan fingerprint density at radius 3 is 2.78 bits per heavy atom. The molecule has 0 aliphatic carbocycles. The topological polar surface area (TPSA) is 67.6 Å². The van der Waals surface area contributed by atoms with Crippen molar-refractivity contribution in [1.29, 1.82) is 5.26 Å². The summed E-state index contributed by atoms with van der Waals surface area (Å²) in [4.78, 5) is 0. The number of rotatable bonds is 3. The van der Waals surface area contributed by atoms with Gasteiger partial charge in [-0.3, -0.25) is 4.68 Å². The van der Waals surface area contributed by atoms with Crippen molar-refractivity contribution in [1.82, 2.24) is 9.78 Å². The summed E-state index contributed by atoms with van der Waals surface area (Å²) in [6, 6.07) is 8.22. The van der Waals surface area contributed by atoms with E-state index in [1.54, 1.807) is 10.9 Å². The summed E-state index contributed by atoms with van der Waals surface area (Å²) in [6.45, 7) is 2.88. The standard InChI is InChI=1S/C13H14N4.ClH/c1-10-6-11(2-3-12(10)7-15)13-8-16-17(9-13)5-4-14;/h2-3,6,8-9H,5,7,15H2,1H3;1H. The first-order valence-corrected chi connectivity index (χ1v) is 5.44. The van der Waals surface area contributed by atoms with Gasteiger partial charge in [0.15, 0.2) is 0 Å². The zero-order valence-corrected chi connectivity index (χ0v) is 10.9. The minimum absolute atomic E-state index is 0. The summed E-state index contributed by atoms with van der Waals surface area (Å²) in [5.41, 5.74) is 10.1. The minimum atomic E-state index is 0. The van der Waals surface area contributed by atoms with Gasteiger partial charge in [0, 0.05) is 18.3 Å². The molecule has 0 spiro atoms. The summed E-state index contributed by atoms with van der Waals surface area (Å²) in [5, 5.41) is 12.7. The first-order chi connectivity index (χ1) is 8.24. The van der Waals surface area contributed by atoms with Crippen LogP contribution in [0.5, 0.6) is 0 Å². The average Bonchev–Trinajstić information content (AvgIpc) is 2.78. The van der Waals surface area contributed by atoms with Gasteiger partial charge in [-0.05, 0) is 23.6 Å². The average molecular weight is 263 g/mol. The van der Waals surface area contributed by atoms with Gasteiger partial charge in [-0.2, -0.15) is 10.4 Å². The van der Waals surface area contributed by atoms with E-state index in [9.17, 15) is 0 Å². The lowest BCUT2D eigenvalue weighted by Crippen LogP contribution is -1.98. The van der Waals surface area contributed by atoms with E-state index < -0.39 is 0 Å². The lowest BCUT2D eigenvalue weighted by molar-refractivity contribution is 0.710. The van der Waals surface area contributed by atoms with Crippen molar-refractivity contribution in [2.75, 3.05) is 0 Å². The zero-order chi connectivity index (χ0) is 12.3. The zero-order valence-electron chi connectivity index (χ0n) is 10.1. The fourth-order valence-electron chi connectivity index (χ4n) is 1.78. The van der Waals surface area contributed by atoms with Crippen molar-refractivity contribution in [3.63, 3.8) is 0 Å². The molecule has 2 N–H and O–H groups in total. The van der Waals surface area contributed by atoms with Crippen LogP contribution < -0.4 is 5.73 Å². The maximum absolute atomic E-state index is 8.59. The monoisotopic (exact) mass is 262 g/mol. The van der Waals surface area contributed by atoms with E-state index in [-0.39, 0.29) is 19.0 Å². The Hall–Kier alpha value is -1.83.